The van der Waals surface area contributed by atoms with Crippen LogP contribution in [-0.4, -0.2) is 35.4 Å². The number of fused-ring (bicyclic) bond motifs is 1. The first-order valence-electron chi connectivity index (χ1n) is 10.4. The molecule has 0 aromatic heterocycles. The van der Waals surface area contributed by atoms with Crippen molar-refractivity contribution in [2.24, 2.45) is 0 Å². The fourth-order valence-corrected chi connectivity index (χ4v) is 4.38. The van der Waals surface area contributed by atoms with E-state index in [2.05, 4.69) is 11.4 Å². The molecule has 7 heteroatoms. The molecule has 2 unspecified atom stereocenters. The molecule has 0 aliphatic carbocycles. The van der Waals surface area contributed by atoms with Crippen molar-refractivity contribution in [3.8, 4) is 16.9 Å². The molecular weight excluding hydrogens is 449 g/mol. The Morgan fingerprint density at radius 3 is 2.41 bits per heavy atom. The minimum absolute atomic E-state index is 0.0124. The highest BCUT2D eigenvalue weighted by Crippen LogP contribution is 2.32. The van der Waals surface area contributed by atoms with Gasteiger partial charge in [-0.2, -0.15) is 0 Å². The van der Waals surface area contributed by atoms with E-state index < -0.39 is 12.1 Å². The van der Waals surface area contributed by atoms with Crippen molar-refractivity contribution in [1.29, 1.82) is 0 Å². The van der Waals surface area contributed by atoms with Gasteiger partial charge in [0, 0.05) is 23.1 Å². The van der Waals surface area contributed by atoms with E-state index in [1.54, 1.807) is 30.3 Å². The third kappa shape index (κ3) is 5.43. The Kier molecular flexibility index (Phi) is 7.01. The van der Waals surface area contributed by atoms with Crippen LogP contribution in [-0.2, 0) is 6.42 Å². The van der Waals surface area contributed by atoms with Crippen molar-refractivity contribution in [3.05, 3.63) is 87.4 Å². The maximum Gasteiger partial charge on any atom is 0.335 e. The summed E-state index contributed by atoms with van der Waals surface area (Å²) in [6, 6.07) is 18.0. The number of carboxylic acid groups (broad SMARTS) is 1. The lowest BCUT2D eigenvalue weighted by Crippen LogP contribution is -2.36. The maximum absolute atomic E-state index is 11.0. The maximum atomic E-state index is 11.0. The summed E-state index contributed by atoms with van der Waals surface area (Å²) < 4.78 is 6.14. The Balaban J connectivity index is 1.33. The van der Waals surface area contributed by atoms with Gasteiger partial charge in [0.05, 0.1) is 11.7 Å². The molecule has 0 radical (unpaired) electrons. The second-order valence-corrected chi connectivity index (χ2v) is 8.73. The molecule has 32 heavy (non-hydrogen) atoms. The number of aromatic carboxylic acids is 1. The molecule has 3 N–H and O–H groups in total. The van der Waals surface area contributed by atoms with E-state index in [1.807, 2.05) is 24.3 Å². The molecular formula is C25H23Cl2NO4. The molecule has 0 bridgehead atoms. The number of aryl methyl sites for hydroxylation is 1. The number of hydrogen-bond donors (Lipinski definition) is 3. The first-order valence-corrected chi connectivity index (χ1v) is 11.1. The lowest BCUT2D eigenvalue weighted by atomic mass is 9.96. The lowest BCUT2D eigenvalue weighted by Gasteiger charge is -2.27. The van der Waals surface area contributed by atoms with Crippen molar-refractivity contribution < 1.29 is 19.7 Å². The number of carbonyl (C=O) groups is 1. The van der Waals surface area contributed by atoms with E-state index in [9.17, 15) is 9.90 Å². The van der Waals surface area contributed by atoms with Crippen LogP contribution in [0.3, 0.4) is 0 Å². The Morgan fingerprint density at radius 2 is 1.72 bits per heavy atom. The number of nitrogens with one attached hydrogen (secondary N) is 1. The topological polar surface area (TPSA) is 78.8 Å². The van der Waals surface area contributed by atoms with Crippen molar-refractivity contribution in [3.63, 3.8) is 0 Å². The molecule has 1 aliphatic rings. The van der Waals surface area contributed by atoms with Crippen molar-refractivity contribution in [2.45, 2.75) is 25.0 Å². The predicted molar refractivity (Wildman–Crippen MR) is 126 cm³/mol. The minimum Gasteiger partial charge on any atom is -0.489 e. The van der Waals surface area contributed by atoms with Crippen molar-refractivity contribution >= 4 is 29.2 Å². The normalized spacial score (nSPS) is 16.2. The number of rotatable bonds is 7. The number of aliphatic hydroxyl groups is 1. The van der Waals surface area contributed by atoms with Crippen LogP contribution >= 0.6 is 23.2 Å². The second kappa shape index (κ2) is 9.92. The van der Waals surface area contributed by atoms with Crippen LogP contribution in [0.15, 0.2) is 60.7 Å². The standard InChI is InChI=1S/C25H23Cl2NO4/c26-20-10-19(11-21(27)12-20)23(29)14-28-13-22-7-5-18-9-17(6-8-24(18)32-22)15-1-3-16(4-2-15)25(30)31/h1-4,6,8-12,22-23,28-29H,5,7,13-14H2,(H,30,31). The zero-order valence-corrected chi connectivity index (χ0v) is 18.7. The molecule has 2 atom stereocenters. The quantitative estimate of drug-likeness (QED) is 0.431. The summed E-state index contributed by atoms with van der Waals surface area (Å²) in [4.78, 5) is 11.0. The van der Waals surface area contributed by atoms with Crippen molar-refractivity contribution in [2.75, 3.05) is 13.1 Å². The summed E-state index contributed by atoms with van der Waals surface area (Å²) >= 11 is 12.0. The third-order valence-electron chi connectivity index (χ3n) is 5.53. The Bertz CT molecular complexity index is 1100. The summed E-state index contributed by atoms with van der Waals surface area (Å²) in [7, 11) is 0. The van der Waals surface area contributed by atoms with E-state index in [0.29, 0.717) is 28.7 Å². The highest BCUT2D eigenvalue weighted by Gasteiger charge is 2.20. The van der Waals surface area contributed by atoms with Gasteiger partial charge in [-0.25, -0.2) is 4.79 Å². The molecule has 4 rings (SSSR count). The number of carboxylic acids is 1. The average molecular weight is 472 g/mol. The summed E-state index contributed by atoms with van der Waals surface area (Å²) in [5.41, 5.74) is 4.08. The van der Waals surface area contributed by atoms with Crippen molar-refractivity contribution in [1.82, 2.24) is 5.32 Å². The molecule has 0 spiro atoms. The van der Waals surface area contributed by atoms with Gasteiger partial charge in [0.2, 0.25) is 0 Å². The monoisotopic (exact) mass is 471 g/mol. The molecule has 1 heterocycles. The van der Waals surface area contributed by atoms with Gasteiger partial charge >= 0.3 is 5.97 Å². The fourth-order valence-electron chi connectivity index (χ4n) is 3.84. The highest BCUT2D eigenvalue weighted by atomic mass is 35.5. The second-order valence-electron chi connectivity index (χ2n) is 7.86. The molecule has 0 amide bonds. The van der Waals surface area contributed by atoms with Crippen LogP contribution in [0.1, 0.15) is 34.0 Å². The molecule has 166 valence electrons. The predicted octanol–water partition coefficient (Wildman–Crippen LogP) is 5.38. The highest BCUT2D eigenvalue weighted by molar-refractivity contribution is 6.34. The van der Waals surface area contributed by atoms with Crippen LogP contribution in [0.5, 0.6) is 5.75 Å². The van der Waals surface area contributed by atoms with Crippen LogP contribution in [0.4, 0.5) is 0 Å². The molecule has 5 nitrogen and oxygen atoms in total. The van der Waals surface area contributed by atoms with Crippen LogP contribution in [0, 0.1) is 0 Å². The number of aliphatic hydroxyl groups excluding tert-OH is 1. The first-order chi connectivity index (χ1) is 15.4. The summed E-state index contributed by atoms with van der Waals surface area (Å²) in [6.07, 6.45) is 1.05. The molecule has 1 aliphatic heterocycles. The summed E-state index contributed by atoms with van der Waals surface area (Å²) in [5.74, 6) is -0.0740. The zero-order chi connectivity index (χ0) is 22.7. The Labute approximate surface area is 196 Å². The first kappa shape index (κ1) is 22.6. The Morgan fingerprint density at radius 1 is 1.03 bits per heavy atom. The van der Waals surface area contributed by atoms with Crippen LogP contribution in [0.25, 0.3) is 11.1 Å². The van der Waals surface area contributed by atoms with E-state index in [-0.39, 0.29) is 11.7 Å². The zero-order valence-electron chi connectivity index (χ0n) is 17.2. The third-order valence-corrected chi connectivity index (χ3v) is 5.97. The van der Waals surface area contributed by atoms with Gasteiger partial charge in [0.1, 0.15) is 11.9 Å². The van der Waals surface area contributed by atoms with Gasteiger partial charge in [-0.15, -0.1) is 0 Å². The van der Waals surface area contributed by atoms with Gasteiger partial charge in [0.25, 0.3) is 0 Å². The largest absolute Gasteiger partial charge is 0.489 e. The van der Waals surface area contributed by atoms with Crippen LogP contribution in [0.2, 0.25) is 10.0 Å². The lowest BCUT2D eigenvalue weighted by molar-refractivity contribution is 0.0697. The average Bonchev–Trinajstić information content (AvgIpc) is 2.78. The van der Waals surface area contributed by atoms with Crippen LogP contribution < -0.4 is 10.1 Å². The number of ether oxygens (including phenoxy) is 1. The number of halogens is 2. The van der Waals surface area contributed by atoms with Gasteiger partial charge < -0.3 is 20.3 Å². The summed E-state index contributed by atoms with van der Waals surface area (Å²) in [6.45, 7) is 0.984. The van der Waals surface area contributed by atoms with E-state index in [0.717, 1.165) is 35.3 Å². The number of hydrogen-bond acceptors (Lipinski definition) is 4. The van der Waals surface area contributed by atoms with E-state index >= 15 is 0 Å². The minimum atomic E-state index is -0.932. The molecule has 3 aromatic carbocycles. The van der Waals surface area contributed by atoms with Gasteiger partial charge in [-0.05, 0) is 77.6 Å². The smallest absolute Gasteiger partial charge is 0.335 e. The van der Waals surface area contributed by atoms with Gasteiger partial charge in [-0.3, -0.25) is 0 Å². The molecule has 0 saturated carbocycles. The van der Waals surface area contributed by atoms with E-state index in [1.165, 1.54) is 0 Å². The van der Waals surface area contributed by atoms with Gasteiger partial charge in [0.15, 0.2) is 0 Å². The molecule has 3 aromatic rings. The number of benzene rings is 3. The van der Waals surface area contributed by atoms with Gasteiger partial charge in [-0.1, -0.05) is 41.4 Å². The van der Waals surface area contributed by atoms with E-state index in [4.69, 9.17) is 33.0 Å². The fraction of sp³-hybridized carbons (Fsp3) is 0.240. The summed E-state index contributed by atoms with van der Waals surface area (Å²) in [5, 5.41) is 23.7. The Hall–Kier alpha value is -2.57. The SMILES string of the molecule is O=C(O)c1ccc(-c2ccc3c(c2)CCC(CNCC(O)c2cc(Cl)cc(Cl)c2)O3)cc1. The molecule has 0 fully saturated rings. The molecule has 0 saturated heterocycles.